The number of carbonyl (C=O) groups excluding carboxylic acids is 1. The molecule has 0 saturated carbocycles. The highest BCUT2D eigenvalue weighted by molar-refractivity contribution is 8.13. The van der Waals surface area contributed by atoms with Crippen LogP contribution in [0, 0.1) is 5.41 Å². The summed E-state index contributed by atoms with van der Waals surface area (Å²) in [6.07, 6.45) is 0. The zero-order chi connectivity index (χ0) is 21.3. The molecule has 5 nitrogen and oxygen atoms in total. The summed E-state index contributed by atoms with van der Waals surface area (Å²) in [5, 5.41) is 10.8. The number of carbonyl (C=O) groups is 1. The SMILES string of the molecule is CCOC(=O)c1c(CSC(=N)N)n(C)c2cc(-c3ccc4ccccc4c3)ccc12. The first kappa shape index (κ1) is 20.0. The van der Waals surface area contributed by atoms with Crippen LogP contribution in [0.25, 0.3) is 32.8 Å². The minimum Gasteiger partial charge on any atom is -0.462 e. The Labute approximate surface area is 179 Å². The third-order valence-corrected chi connectivity index (χ3v) is 5.98. The molecule has 0 radical (unpaired) electrons. The maximum atomic E-state index is 12.7. The molecule has 0 spiro atoms. The van der Waals surface area contributed by atoms with Gasteiger partial charge in [-0.05, 0) is 41.0 Å². The first-order chi connectivity index (χ1) is 14.5. The van der Waals surface area contributed by atoms with Crippen LogP contribution in [0.15, 0.2) is 60.7 Å². The smallest absolute Gasteiger partial charge is 0.340 e. The highest BCUT2D eigenvalue weighted by Gasteiger charge is 2.22. The molecule has 0 aliphatic heterocycles. The van der Waals surface area contributed by atoms with Gasteiger partial charge in [0.2, 0.25) is 0 Å². The van der Waals surface area contributed by atoms with Gasteiger partial charge in [0, 0.05) is 29.4 Å². The van der Waals surface area contributed by atoms with E-state index in [0.717, 1.165) is 27.7 Å². The lowest BCUT2D eigenvalue weighted by atomic mass is 10.00. The molecular formula is C24H23N3O2S. The van der Waals surface area contributed by atoms with Crippen molar-refractivity contribution < 1.29 is 9.53 Å². The van der Waals surface area contributed by atoms with E-state index >= 15 is 0 Å². The van der Waals surface area contributed by atoms with Crippen LogP contribution in [0.3, 0.4) is 0 Å². The summed E-state index contributed by atoms with van der Waals surface area (Å²) < 4.78 is 7.32. The number of aromatic nitrogens is 1. The van der Waals surface area contributed by atoms with Gasteiger partial charge in [0.25, 0.3) is 0 Å². The van der Waals surface area contributed by atoms with E-state index in [1.54, 1.807) is 6.92 Å². The van der Waals surface area contributed by atoms with Crippen molar-refractivity contribution in [3.8, 4) is 11.1 Å². The predicted octanol–water partition coefficient (Wildman–Crippen LogP) is 5.30. The van der Waals surface area contributed by atoms with Gasteiger partial charge in [-0.15, -0.1) is 0 Å². The number of thioether (sulfide) groups is 1. The van der Waals surface area contributed by atoms with Gasteiger partial charge in [-0.1, -0.05) is 60.3 Å². The Hall–Kier alpha value is -3.25. The second-order valence-corrected chi connectivity index (χ2v) is 8.07. The number of rotatable bonds is 5. The second-order valence-electron chi connectivity index (χ2n) is 7.05. The fourth-order valence-corrected chi connectivity index (χ4v) is 4.41. The number of nitrogens with two attached hydrogens (primary N) is 1. The Kier molecular flexibility index (Phi) is 5.50. The van der Waals surface area contributed by atoms with E-state index in [2.05, 4.69) is 36.4 Å². The predicted molar refractivity (Wildman–Crippen MR) is 125 cm³/mol. The molecule has 0 aliphatic rings. The van der Waals surface area contributed by atoms with E-state index < -0.39 is 0 Å². The molecule has 1 heterocycles. The molecule has 0 bridgehead atoms. The molecule has 4 aromatic rings. The van der Waals surface area contributed by atoms with Gasteiger partial charge in [-0.3, -0.25) is 5.41 Å². The molecule has 0 amide bonds. The summed E-state index contributed by atoms with van der Waals surface area (Å²) in [6, 6.07) is 20.8. The Balaban J connectivity index is 1.86. The van der Waals surface area contributed by atoms with Crippen LogP contribution in [0.1, 0.15) is 23.0 Å². The monoisotopic (exact) mass is 417 g/mol. The van der Waals surface area contributed by atoms with Crippen LogP contribution < -0.4 is 5.73 Å². The number of nitrogens with zero attached hydrogens (tertiary/aromatic N) is 1. The molecule has 1 aromatic heterocycles. The van der Waals surface area contributed by atoms with Crippen LogP contribution >= 0.6 is 11.8 Å². The molecular weight excluding hydrogens is 394 g/mol. The molecule has 0 atom stereocenters. The minimum atomic E-state index is -0.347. The van der Waals surface area contributed by atoms with Crippen LogP contribution in [0.5, 0.6) is 0 Å². The van der Waals surface area contributed by atoms with Crippen molar-refractivity contribution in [3.63, 3.8) is 0 Å². The third kappa shape index (κ3) is 3.66. The number of hydrogen-bond donors (Lipinski definition) is 2. The largest absolute Gasteiger partial charge is 0.462 e. The maximum Gasteiger partial charge on any atom is 0.340 e. The number of amidine groups is 1. The zero-order valence-corrected chi connectivity index (χ0v) is 17.8. The number of hydrogen-bond acceptors (Lipinski definition) is 4. The molecule has 3 N–H and O–H groups in total. The van der Waals surface area contributed by atoms with Crippen molar-refractivity contribution in [2.45, 2.75) is 12.7 Å². The molecule has 0 saturated heterocycles. The van der Waals surface area contributed by atoms with Crippen LogP contribution in [0.2, 0.25) is 0 Å². The van der Waals surface area contributed by atoms with Crippen molar-refractivity contribution in [2.24, 2.45) is 12.8 Å². The fraction of sp³-hybridized carbons (Fsp3) is 0.167. The molecule has 30 heavy (non-hydrogen) atoms. The van der Waals surface area contributed by atoms with Gasteiger partial charge in [0.1, 0.15) is 0 Å². The van der Waals surface area contributed by atoms with Gasteiger partial charge >= 0.3 is 5.97 Å². The zero-order valence-electron chi connectivity index (χ0n) is 16.9. The first-order valence-electron chi connectivity index (χ1n) is 9.74. The highest BCUT2D eigenvalue weighted by atomic mass is 32.2. The summed E-state index contributed by atoms with van der Waals surface area (Å²) >= 11 is 1.20. The normalized spacial score (nSPS) is 11.1. The molecule has 152 valence electrons. The molecule has 4 rings (SSSR count). The lowest BCUT2D eigenvalue weighted by Gasteiger charge is -2.07. The van der Waals surface area contributed by atoms with Gasteiger partial charge < -0.3 is 15.0 Å². The maximum absolute atomic E-state index is 12.7. The highest BCUT2D eigenvalue weighted by Crippen LogP contribution is 2.33. The summed E-state index contributed by atoms with van der Waals surface area (Å²) in [6.45, 7) is 2.11. The van der Waals surface area contributed by atoms with E-state index in [9.17, 15) is 4.79 Å². The van der Waals surface area contributed by atoms with Crippen LogP contribution in [-0.2, 0) is 17.5 Å². The van der Waals surface area contributed by atoms with E-state index in [4.69, 9.17) is 15.9 Å². The average Bonchev–Trinajstić information content (AvgIpc) is 3.03. The second kappa shape index (κ2) is 8.24. The molecule has 3 aromatic carbocycles. The lowest BCUT2D eigenvalue weighted by Crippen LogP contribution is -2.10. The first-order valence-corrected chi connectivity index (χ1v) is 10.7. The van der Waals surface area contributed by atoms with E-state index in [0.29, 0.717) is 17.9 Å². The number of esters is 1. The molecule has 0 aliphatic carbocycles. The summed E-state index contributed by atoms with van der Waals surface area (Å²) in [4.78, 5) is 12.7. The Bertz CT molecular complexity index is 1280. The van der Waals surface area contributed by atoms with E-state index in [1.807, 2.05) is 35.9 Å². The van der Waals surface area contributed by atoms with Crippen LogP contribution in [0.4, 0.5) is 0 Å². The summed E-state index contributed by atoms with van der Waals surface area (Å²) in [5.41, 5.74) is 10.0. The Morgan fingerprint density at radius 2 is 1.77 bits per heavy atom. The lowest BCUT2D eigenvalue weighted by molar-refractivity contribution is 0.0527. The topological polar surface area (TPSA) is 81.1 Å². The third-order valence-electron chi connectivity index (χ3n) is 5.25. The van der Waals surface area contributed by atoms with Crippen LogP contribution in [-0.4, -0.2) is 22.3 Å². The van der Waals surface area contributed by atoms with Gasteiger partial charge in [-0.2, -0.15) is 0 Å². The Morgan fingerprint density at radius 1 is 1.07 bits per heavy atom. The minimum absolute atomic E-state index is 0.0203. The van der Waals surface area contributed by atoms with Crippen molar-refractivity contribution >= 4 is 44.6 Å². The van der Waals surface area contributed by atoms with Crippen molar-refractivity contribution in [1.29, 1.82) is 5.41 Å². The van der Waals surface area contributed by atoms with E-state index in [-0.39, 0.29) is 11.1 Å². The standard InChI is InChI=1S/C24H23N3O2S/c1-3-29-23(28)22-19-11-10-18(13-20(19)27(2)21(22)14-30-24(25)26)17-9-8-15-6-4-5-7-16(15)12-17/h4-13H,3,14H2,1-2H3,(H3,25,26). The number of ether oxygens (including phenoxy) is 1. The summed E-state index contributed by atoms with van der Waals surface area (Å²) in [7, 11) is 1.94. The quantitative estimate of drug-likeness (QED) is 0.262. The van der Waals surface area contributed by atoms with Gasteiger partial charge in [0.15, 0.2) is 5.17 Å². The number of aryl methyl sites for hydroxylation is 1. The Morgan fingerprint density at radius 3 is 2.50 bits per heavy atom. The number of nitrogens with one attached hydrogen (secondary N) is 1. The van der Waals surface area contributed by atoms with Crippen molar-refractivity contribution in [3.05, 3.63) is 71.9 Å². The van der Waals surface area contributed by atoms with Gasteiger partial charge in [0.05, 0.1) is 12.2 Å². The molecule has 0 unspecified atom stereocenters. The number of fused-ring (bicyclic) bond motifs is 2. The number of benzene rings is 3. The summed E-state index contributed by atoms with van der Waals surface area (Å²) in [5.74, 6) is 0.0840. The molecule has 6 heteroatoms. The van der Waals surface area contributed by atoms with Gasteiger partial charge in [-0.25, -0.2) is 4.79 Å². The van der Waals surface area contributed by atoms with E-state index in [1.165, 1.54) is 22.5 Å². The molecule has 0 fully saturated rings. The van der Waals surface area contributed by atoms with Crippen molar-refractivity contribution in [1.82, 2.24) is 4.57 Å². The van der Waals surface area contributed by atoms with Crippen molar-refractivity contribution in [2.75, 3.05) is 6.61 Å². The fourth-order valence-electron chi connectivity index (χ4n) is 3.78. The average molecular weight is 418 g/mol.